The molecule has 0 amide bonds. The standard InChI is InChI=1S/C15H23N3O2/c1-3-4-12-5-7-13(8-6-12)17-15-14(18(19)20)9-11(2)10-16-15/h9-10,12-13H,3-8H2,1-2H3,(H,16,17). The second-order valence-electron chi connectivity index (χ2n) is 5.79. The number of nitrogens with zero attached hydrogens (tertiary/aromatic N) is 2. The highest BCUT2D eigenvalue weighted by atomic mass is 16.6. The lowest BCUT2D eigenvalue weighted by atomic mass is 9.83. The molecule has 1 N–H and O–H groups in total. The van der Waals surface area contributed by atoms with Gasteiger partial charge in [0.05, 0.1) is 4.92 Å². The molecule has 0 aromatic carbocycles. The number of nitro groups is 1. The minimum Gasteiger partial charge on any atom is -0.362 e. The average Bonchev–Trinajstić information content (AvgIpc) is 2.43. The van der Waals surface area contributed by atoms with Gasteiger partial charge in [-0.3, -0.25) is 10.1 Å². The number of hydrogen-bond donors (Lipinski definition) is 1. The topological polar surface area (TPSA) is 68.1 Å². The van der Waals surface area contributed by atoms with E-state index in [-0.39, 0.29) is 10.6 Å². The van der Waals surface area contributed by atoms with Crippen molar-refractivity contribution in [2.45, 2.75) is 58.4 Å². The number of hydrogen-bond acceptors (Lipinski definition) is 4. The van der Waals surface area contributed by atoms with E-state index >= 15 is 0 Å². The molecule has 5 nitrogen and oxygen atoms in total. The van der Waals surface area contributed by atoms with Crippen LogP contribution in [-0.2, 0) is 0 Å². The summed E-state index contributed by atoms with van der Waals surface area (Å²) in [6.07, 6.45) is 8.81. The van der Waals surface area contributed by atoms with Crippen LogP contribution in [0, 0.1) is 23.0 Å². The van der Waals surface area contributed by atoms with E-state index in [1.807, 2.05) is 6.92 Å². The van der Waals surface area contributed by atoms with E-state index < -0.39 is 0 Å². The Kier molecular flexibility index (Phi) is 4.93. The van der Waals surface area contributed by atoms with Crippen molar-refractivity contribution < 1.29 is 4.92 Å². The van der Waals surface area contributed by atoms with Gasteiger partial charge in [-0.2, -0.15) is 0 Å². The van der Waals surface area contributed by atoms with Gasteiger partial charge in [0, 0.05) is 18.3 Å². The smallest absolute Gasteiger partial charge is 0.311 e. The summed E-state index contributed by atoms with van der Waals surface area (Å²) in [6, 6.07) is 1.90. The lowest BCUT2D eigenvalue weighted by Gasteiger charge is -2.29. The molecule has 0 saturated heterocycles. The zero-order chi connectivity index (χ0) is 14.5. The Labute approximate surface area is 119 Å². The number of aryl methyl sites for hydroxylation is 1. The number of rotatable bonds is 5. The van der Waals surface area contributed by atoms with E-state index in [2.05, 4.69) is 17.2 Å². The maximum Gasteiger partial charge on any atom is 0.311 e. The summed E-state index contributed by atoms with van der Waals surface area (Å²) in [7, 11) is 0. The fourth-order valence-electron chi connectivity index (χ4n) is 3.00. The van der Waals surface area contributed by atoms with Gasteiger partial charge in [0.25, 0.3) is 0 Å². The number of pyridine rings is 1. The Bertz CT molecular complexity index is 468. The van der Waals surface area contributed by atoms with E-state index in [9.17, 15) is 10.1 Å². The molecule has 1 heterocycles. The molecule has 1 aromatic rings. The Balaban J connectivity index is 1.99. The van der Waals surface area contributed by atoms with Crippen molar-refractivity contribution >= 4 is 11.5 Å². The molecule has 1 aliphatic carbocycles. The second-order valence-corrected chi connectivity index (χ2v) is 5.79. The first-order valence-electron chi connectivity index (χ1n) is 7.47. The van der Waals surface area contributed by atoms with Crippen LogP contribution in [-0.4, -0.2) is 15.9 Å². The summed E-state index contributed by atoms with van der Waals surface area (Å²) in [5, 5.41) is 14.3. The summed E-state index contributed by atoms with van der Waals surface area (Å²) in [4.78, 5) is 14.9. The molecule has 0 aliphatic heterocycles. The van der Waals surface area contributed by atoms with Gasteiger partial charge in [-0.05, 0) is 44.1 Å². The van der Waals surface area contributed by atoms with Crippen molar-refractivity contribution in [1.29, 1.82) is 0 Å². The number of aromatic nitrogens is 1. The predicted molar refractivity (Wildman–Crippen MR) is 79.9 cm³/mol. The van der Waals surface area contributed by atoms with Gasteiger partial charge in [-0.15, -0.1) is 0 Å². The first kappa shape index (κ1) is 14.8. The average molecular weight is 277 g/mol. The highest BCUT2D eigenvalue weighted by Crippen LogP contribution is 2.31. The van der Waals surface area contributed by atoms with E-state index in [0.717, 1.165) is 24.3 Å². The van der Waals surface area contributed by atoms with E-state index in [1.165, 1.54) is 25.7 Å². The normalized spacial score (nSPS) is 22.5. The molecule has 0 atom stereocenters. The Morgan fingerprint density at radius 3 is 2.70 bits per heavy atom. The summed E-state index contributed by atoms with van der Waals surface area (Å²) >= 11 is 0. The SMILES string of the molecule is CCCC1CCC(Nc2ncc(C)cc2[N+](=O)[O-])CC1. The molecule has 0 spiro atoms. The van der Waals surface area contributed by atoms with Gasteiger partial charge in [0.2, 0.25) is 5.82 Å². The summed E-state index contributed by atoms with van der Waals surface area (Å²) in [6.45, 7) is 4.05. The Hall–Kier alpha value is -1.65. The molecule has 1 saturated carbocycles. The molecule has 0 unspecified atom stereocenters. The maximum atomic E-state index is 11.1. The monoisotopic (exact) mass is 277 g/mol. The van der Waals surface area contributed by atoms with Gasteiger partial charge >= 0.3 is 5.69 Å². The van der Waals surface area contributed by atoms with E-state index in [1.54, 1.807) is 12.3 Å². The second kappa shape index (κ2) is 6.68. The van der Waals surface area contributed by atoms with Crippen LogP contribution < -0.4 is 5.32 Å². The van der Waals surface area contributed by atoms with Crippen LogP contribution in [0.5, 0.6) is 0 Å². The molecule has 5 heteroatoms. The van der Waals surface area contributed by atoms with Crippen LogP contribution in [0.25, 0.3) is 0 Å². The third-order valence-electron chi connectivity index (χ3n) is 4.09. The Morgan fingerprint density at radius 2 is 2.10 bits per heavy atom. The van der Waals surface area contributed by atoms with Gasteiger partial charge in [0.15, 0.2) is 0 Å². The minimum atomic E-state index is -0.356. The quantitative estimate of drug-likeness (QED) is 0.650. The van der Waals surface area contributed by atoms with Crippen LogP contribution in [0.4, 0.5) is 11.5 Å². The zero-order valence-electron chi connectivity index (χ0n) is 12.3. The predicted octanol–water partition coefficient (Wildman–Crippen LogP) is 4.07. The maximum absolute atomic E-state index is 11.1. The molecule has 0 bridgehead atoms. The largest absolute Gasteiger partial charge is 0.362 e. The molecule has 1 fully saturated rings. The fourth-order valence-corrected chi connectivity index (χ4v) is 3.00. The number of nitrogens with one attached hydrogen (secondary N) is 1. The molecule has 2 rings (SSSR count). The van der Waals surface area contributed by atoms with Crippen molar-refractivity contribution in [1.82, 2.24) is 4.98 Å². The first-order chi connectivity index (χ1) is 9.60. The van der Waals surface area contributed by atoms with E-state index in [4.69, 9.17) is 0 Å². The van der Waals surface area contributed by atoms with Gasteiger partial charge < -0.3 is 5.32 Å². The van der Waals surface area contributed by atoms with Crippen molar-refractivity contribution in [3.63, 3.8) is 0 Å². The lowest BCUT2D eigenvalue weighted by Crippen LogP contribution is -2.26. The molecule has 1 aromatic heterocycles. The molecule has 1 aliphatic rings. The number of anilines is 1. The Morgan fingerprint density at radius 1 is 1.40 bits per heavy atom. The molecular weight excluding hydrogens is 254 g/mol. The molecule has 0 radical (unpaired) electrons. The van der Waals surface area contributed by atoms with Gasteiger partial charge in [0.1, 0.15) is 0 Å². The van der Waals surface area contributed by atoms with E-state index in [0.29, 0.717) is 11.9 Å². The first-order valence-corrected chi connectivity index (χ1v) is 7.47. The minimum absolute atomic E-state index is 0.0840. The fraction of sp³-hybridized carbons (Fsp3) is 0.667. The summed E-state index contributed by atoms with van der Waals surface area (Å²) in [5.74, 6) is 1.25. The third kappa shape index (κ3) is 3.68. The summed E-state index contributed by atoms with van der Waals surface area (Å²) < 4.78 is 0. The lowest BCUT2D eigenvalue weighted by molar-refractivity contribution is -0.384. The summed E-state index contributed by atoms with van der Waals surface area (Å²) in [5.41, 5.74) is 0.898. The zero-order valence-corrected chi connectivity index (χ0v) is 12.3. The van der Waals surface area contributed by atoms with Gasteiger partial charge in [-0.25, -0.2) is 4.98 Å². The van der Waals surface area contributed by atoms with Gasteiger partial charge in [-0.1, -0.05) is 19.8 Å². The third-order valence-corrected chi connectivity index (χ3v) is 4.09. The molecule has 110 valence electrons. The molecular formula is C15H23N3O2. The van der Waals surface area contributed by atoms with Crippen molar-refractivity contribution in [2.24, 2.45) is 5.92 Å². The van der Waals surface area contributed by atoms with Crippen molar-refractivity contribution in [2.75, 3.05) is 5.32 Å². The van der Waals surface area contributed by atoms with Crippen molar-refractivity contribution in [3.05, 3.63) is 27.9 Å². The van der Waals surface area contributed by atoms with Crippen LogP contribution >= 0.6 is 0 Å². The highest BCUT2D eigenvalue weighted by Gasteiger charge is 2.23. The highest BCUT2D eigenvalue weighted by molar-refractivity contribution is 5.57. The molecule has 20 heavy (non-hydrogen) atoms. The van der Waals surface area contributed by atoms with Crippen LogP contribution in [0.15, 0.2) is 12.3 Å². The van der Waals surface area contributed by atoms with Crippen LogP contribution in [0.1, 0.15) is 51.0 Å². The van der Waals surface area contributed by atoms with Crippen LogP contribution in [0.2, 0.25) is 0 Å². The van der Waals surface area contributed by atoms with Crippen molar-refractivity contribution in [3.8, 4) is 0 Å². The van der Waals surface area contributed by atoms with Crippen LogP contribution in [0.3, 0.4) is 0 Å².